The molecule has 0 unspecified atom stereocenters. The van der Waals surface area contributed by atoms with E-state index in [0.717, 1.165) is 22.7 Å². The Hall–Kier alpha value is -2.65. The van der Waals surface area contributed by atoms with E-state index in [1.807, 2.05) is 0 Å². The highest BCUT2D eigenvalue weighted by Crippen LogP contribution is 2.25. The third kappa shape index (κ3) is 5.20. The fraction of sp³-hybridized carbons (Fsp3) is 0.222. The van der Waals surface area contributed by atoms with Gasteiger partial charge in [0.05, 0.1) is 29.6 Å². The van der Waals surface area contributed by atoms with Crippen molar-refractivity contribution in [3.05, 3.63) is 58.4 Å². The standard InChI is InChI=1S/C18H18ClFN2O5S/c1-11-4-5-12(18(24)27-2)8-16(11)21-17(23)10-22(28(3,25)26)13-6-7-15(20)14(19)9-13/h4-9H,10H2,1-3H3,(H,21,23). The van der Waals surface area contributed by atoms with Crippen molar-refractivity contribution >= 4 is 44.9 Å². The van der Waals surface area contributed by atoms with Crippen molar-refractivity contribution < 1.29 is 27.1 Å². The van der Waals surface area contributed by atoms with Crippen LogP contribution in [0.4, 0.5) is 15.8 Å². The molecule has 0 aromatic heterocycles. The minimum Gasteiger partial charge on any atom is -0.465 e. The van der Waals surface area contributed by atoms with Crippen molar-refractivity contribution in [2.75, 3.05) is 29.5 Å². The van der Waals surface area contributed by atoms with Crippen LogP contribution in [0.25, 0.3) is 0 Å². The van der Waals surface area contributed by atoms with E-state index in [9.17, 15) is 22.4 Å². The lowest BCUT2D eigenvalue weighted by atomic mass is 10.1. The van der Waals surface area contributed by atoms with Gasteiger partial charge in [0.1, 0.15) is 12.4 Å². The predicted octanol–water partition coefficient (Wildman–Crippen LogP) is 2.98. The van der Waals surface area contributed by atoms with Gasteiger partial charge >= 0.3 is 5.97 Å². The number of hydrogen-bond donors (Lipinski definition) is 1. The molecule has 0 saturated carbocycles. The number of carbonyl (C=O) groups is 2. The zero-order valence-electron chi connectivity index (χ0n) is 15.3. The lowest BCUT2D eigenvalue weighted by Gasteiger charge is -2.22. The first-order chi connectivity index (χ1) is 13.0. The monoisotopic (exact) mass is 428 g/mol. The van der Waals surface area contributed by atoms with Crippen LogP contribution < -0.4 is 9.62 Å². The van der Waals surface area contributed by atoms with Gasteiger partial charge in [0.15, 0.2) is 0 Å². The van der Waals surface area contributed by atoms with Crippen molar-refractivity contribution in [1.29, 1.82) is 0 Å². The second kappa shape index (κ2) is 8.57. The van der Waals surface area contributed by atoms with Crippen LogP contribution in [0.3, 0.4) is 0 Å². The van der Waals surface area contributed by atoms with Gasteiger partial charge in [-0.2, -0.15) is 0 Å². The lowest BCUT2D eigenvalue weighted by molar-refractivity contribution is -0.114. The van der Waals surface area contributed by atoms with Crippen LogP contribution >= 0.6 is 11.6 Å². The second-order valence-corrected chi connectivity index (χ2v) is 8.25. The van der Waals surface area contributed by atoms with Crippen LogP contribution in [0.2, 0.25) is 5.02 Å². The topological polar surface area (TPSA) is 92.8 Å². The highest BCUT2D eigenvalue weighted by atomic mass is 35.5. The predicted molar refractivity (Wildman–Crippen MR) is 105 cm³/mol. The summed E-state index contributed by atoms with van der Waals surface area (Å²) in [5.41, 5.74) is 1.27. The van der Waals surface area contributed by atoms with Crippen LogP contribution in [0.5, 0.6) is 0 Å². The number of esters is 1. The number of anilines is 2. The third-order valence-electron chi connectivity index (χ3n) is 3.81. The molecule has 10 heteroatoms. The fourth-order valence-corrected chi connectivity index (χ4v) is 3.38. The molecule has 28 heavy (non-hydrogen) atoms. The largest absolute Gasteiger partial charge is 0.465 e. The van der Waals surface area contributed by atoms with Gasteiger partial charge in [0, 0.05) is 5.69 Å². The SMILES string of the molecule is COC(=O)c1ccc(C)c(NC(=O)CN(c2ccc(F)c(Cl)c2)S(C)(=O)=O)c1. The summed E-state index contributed by atoms with van der Waals surface area (Å²) in [7, 11) is -2.62. The van der Waals surface area contributed by atoms with Crippen molar-refractivity contribution in [2.24, 2.45) is 0 Å². The third-order valence-corrected chi connectivity index (χ3v) is 5.24. The van der Waals surface area contributed by atoms with E-state index in [4.69, 9.17) is 11.6 Å². The molecule has 2 aromatic rings. The van der Waals surface area contributed by atoms with Gasteiger partial charge in [-0.1, -0.05) is 17.7 Å². The summed E-state index contributed by atoms with van der Waals surface area (Å²) < 4.78 is 43.0. The fourth-order valence-electron chi connectivity index (χ4n) is 2.36. The Balaban J connectivity index is 2.28. The van der Waals surface area contributed by atoms with Crippen LogP contribution in [0.1, 0.15) is 15.9 Å². The highest BCUT2D eigenvalue weighted by Gasteiger charge is 2.22. The van der Waals surface area contributed by atoms with Gasteiger partial charge in [-0.15, -0.1) is 0 Å². The van der Waals surface area contributed by atoms with E-state index in [2.05, 4.69) is 10.1 Å². The van der Waals surface area contributed by atoms with Gasteiger partial charge in [-0.3, -0.25) is 9.10 Å². The van der Waals surface area contributed by atoms with Crippen molar-refractivity contribution in [3.63, 3.8) is 0 Å². The van der Waals surface area contributed by atoms with Crippen molar-refractivity contribution in [1.82, 2.24) is 0 Å². The summed E-state index contributed by atoms with van der Waals surface area (Å²) in [6.07, 6.45) is 0.917. The normalized spacial score (nSPS) is 11.0. The first kappa shape index (κ1) is 21.6. The summed E-state index contributed by atoms with van der Waals surface area (Å²) >= 11 is 5.72. The number of nitrogens with one attached hydrogen (secondary N) is 1. The number of sulfonamides is 1. The van der Waals surface area contributed by atoms with Gasteiger partial charge in [0.25, 0.3) is 0 Å². The molecular formula is C18H18ClFN2O5S. The highest BCUT2D eigenvalue weighted by molar-refractivity contribution is 7.92. The minimum absolute atomic E-state index is 0.0454. The van der Waals surface area contributed by atoms with Crippen molar-refractivity contribution in [2.45, 2.75) is 6.92 Å². The molecular weight excluding hydrogens is 411 g/mol. The Morgan fingerprint density at radius 2 is 1.89 bits per heavy atom. The molecule has 1 amide bonds. The molecule has 0 radical (unpaired) electrons. The number of hydrogen-bond acceptors (Lipinski definition) is 5. The summed E-state index contributed by atoms with van der Waals surface area (Å²) in [5, 5.41) is 2.30. The van der Waals surface area contributed by atoms with E-state index in [-0.39, 0.29) is 16.3 Å². The van der Waals surface area contributed by atoms with E-state index >= 15 is 0 Å². The van der Waals surface area contributed by atoms with E-state index in [1.54, 1.807) is 19.1 Å². The second-order valence-electron chi connectivity index (χ2n) is 5.94. The molecule has 2 rings (SSSR count). The maximum atomic E-state index is 13.4. The van der Waals surface area contributed by atoms with E-state index < -0.39 is 34.3 Å². The number of nitrogens with zero attached hydrogens (tertiary/aromatic N) is 1. The van der Waals surface area contributed by atoms with E-state index in [1.165, 1.54) is 19.2 Å². The van der Waals surface area contributed by atoms with Crippen LogP contribution in [-0.4, -0.2) is 40.2 Å². The zero-order chi connectivity index (χ0) is 21.1. The van der Waals surface area contributed by atoms with Gasteiger partial charge in [0.2, 0.25) is 15.9 Å². The quantitative estimate of drug-likeness (QED) is 0.714. The number of rotatable bonds is 6. The molecule has 0 fully saturated rings. The Morgan fingerprint density at radius 1 is 1.21 bits per heavy atom. The molecule has 2 aromatic carbocycles. The number of carbonyl (C=O) groups excluding carboxylic acids is 2. The molecule has 7 nitrogen and oxygen atoms in total. The van der Waals surface area contributed by atoms with Crippen molar-refractivity contribution in [3.8, 4) is 0 Å². The molecule has 0 aliphatic carbocycles. The van der Waals surface area contributed by atoms with Gasteiger partial charge in [-0.05, 0) is 42.8 Å². The molecule has 0 saturated heterocycles. The first-order valence-electron chi connectivity index (χ1n) is 7.94. The van der Waals surface area contributed by atoms with Crippen LogP contribution in [0, 0.1) is 12.7 Å². The average Bonchev–Trinajstić information content (AvgIpc) is 2.62. The van der Waals surface area contributed by atoms with Gasteiger partial charge in [-0.25, -0.2) is 17.6 Å². The van der Waals surface area contributed by atoms with Crippen LogP contribution in [-0.2, 0) is 19.6 Å². The molecule has 0 bridgehead atoms. The van der Waals surface area contributed by atoms with Gasteiger partial charge < -0.3 is 10.1 Å². The maximum Gasteiger partial charge on any atom is 0.337 e. The molecule has 0 atom stereocenters. The number of methoxy groups -OCH3 is 1. The molecule has 0 aliphatic heterocycles. The number of halogens is 2. The Labute approximate surface area is 167 Å². The summed E-state index contributed by atoms with van der Waals surface area (Å²) in [6.45, 7) is 1.15. The number of benzene rings is 2. The molecule has 0 spiro atoms. The maximum absolute atomic E-state index is 13.4. The molecule has 150 valence electrons. The summed E-state index contributed by atoms with van der Waals surface area (Å²) in [6, 6.07) is 7.93. The number of aryl methyl sites for hydroxylation is 1. The Bertz CT molecular complexity index is 1030. The smallest absolute Gasteiger partial charge is 0.337 e. The Kier molecular flexibility index (Phi) is 6.63. The molecule has 1 N–H and O–H groups in total. The summed E-state index contributed by atoms with van der Waals surface area (Å²) in [4.78, 5) is 24.1. The minimum atomic E-state index is -3.85. The number of amides is 1. The molecule has 0 heterocycles. The van der Waals surface area contributed by atoms with E-state index in [0.29, 0.717) is 11.3 Å². The Morgan fingerprint density at radius 3 is 2.46 bits per heavy atom. The zero-order valence-corrected chi connectivity index (χ0v) is 16.9. The van der Waals surface area contributed by atoms with Crippen LogP contribution in [0.15, 0.2) is 36.4 Å². The first-order valence-corrected chi connectivity index (χ1v) is 10.2. The lowest BCUT2D eigenvalue weighted by Crippen LogP contribution is -2.37. The molecule has 0 aliphatic rings. The summed E-state index contributed by atoms with van der Waals surface area (Å²) in [5.74, 6) is -1.94. The average molecular weight is 429 g/mol. The number of ether oxygens (including phenoxy) is 1.